The maximum Gasteiger partial charge on any atom is 0.236 e. The number of sulfonamides is 1. The summed E-state index contributed by atoms with van der Waals surface area (Å²) in [6.07, 6.45) is 1.91. The van der Waals surface area contributed by atoms with Gasteiger partial charge in [0.1, 0.15) is 23.0 Å². The second kappa shape index (κ2) is 13.0. The number of rotatable bonds is 10. The van der Waals surface area contributed by atoms with Crippen LogP contribution in [0.2, 0.25) is 0 Å². The predicted octanol–water partition coefficient (Wildman–Crippen LogP) is 2.87. The van der Waals surface area contributed by atoms with Crippen LogP contribution >= 0.6 is 11.8 Å². The highest BCUT2D eigenvalue weighted by molar-refractivity contribution is 7.98. The van der Waals surface area contributed by atoms with Crippen molar-refractivity contribution in [3.63, 3.8) is 0 Å². The molecule has 1 saturated heterocycles. The van der Waals surface area contributed by atoms with Gasteiger partial charge in [-0.15, -0.1) is 11.8 Å². The van der Waals surface area contributed by atoms with Gasteiger partial charge in [-0.2, -0.15) is 10.5 Å². The average Bonchev–Trinajstić information content (AvgIpc) is 2.91. The topological polar surface area (TPSA) is 165 Å². The van der Waals surface area contributed by atoms with Crippen LogP contribution in [0, 0.1) is 22.7 Å². The largest absolute Gasteiger partial charge is 0.355 e. The summed E-state index contributed by atoms with van der Waals surface area (Å²) in [5, 5.41) is 23.4. The number of nitrogens with zero attached hydrogens (tertiary/aromatic N) is 4. The van der Waals surface area contributed by atoms with Crippen molar-refractivity contribution >= 4 is 39.2 Å². The molecule has 1 fully saturated rings. The van der Waals surface area contributed by atoms with Crippen LogP contribution in [0.1, 0.15) is 55.9 Å². The Hall–Kier alpha value is -3.32. The number of piperidine rings is 1. The summed E-state index contributed by atoms with van der Waals surface area (Å²) < 4.78 is 26.1. The highest BCUT2D eigenvalue weighted by atomic mass is 32.2. The zero-order valence-electron chi connectivity index (χ0n) is 21.8. The van der Waals surface area contributed by atoms with Crippen LogP contribution in [0.15, 0.2) is 29.3 Å². The lowest BCUT2D eigenvalue weighted by molar-refractivity contribution is -0.122. The molecule has 1 aliphatic rings. The molecule has 0 spiro atoms. The van der Waals surface area contributed by atoms with E-state index < -0.39 is 16.1 Å². The third-order valence-electron chi connectivity index (χ3n) is 6.36. The van der Waals surface area contributed by atoms with Crippen molar-refractivity contribution in [1.82, 2.24) is 10.3 Å². The number of hydrogen-bond acceptors (Lipinski definition) is 9. The van der Waals surface area contributed by atoms with Gasteiger partial charge in [-0.1, -0.05) is 19.1 Å². The number of carbonyl (C=O) groups is 1. The smallest absolute Gasteiger partial charge is 0.236 e. The molecule has 38 heavy (non-hydrogen) atoms. The van der Waals surface area contributed by atoms with Crippen LogP contribution in [-0.4, -0.2) is 50.2 Å². The van der Waals surface area contributed by atoms with Crippen LogP contribution < -0.4 is 20.7 Å². The van der Waals surface area contributed by atoms with E-state index in [1.807, 2.05) is 24.0 Å². The Kier molecular flexibility index (Phi) is 9.97. The van der Waals surface area contributed by atoms with Crippen molar-refractivity contribution in [2.45, 2.75) is 62.9 Å². The van der Waals surface area contributed by atoms with Gasteiger partial charge in [-0.3, -0.25) is 9.52 Å². The molecule has 1 aromatic heterocycles. The second-order valence-corrected chi connectivity index (χ2v) is 12.1. The number of pyridine rings is 1. The number of anilines is 2. The van der Waals surface area contributed by atoms with Gasteiger partial charge < -0.3 is 16.0 Å². The molecule has 1 aromatic carbocycles. The fourth-order valence-electron chi connectivity index (χ4n) is 4.16. The van der Waals surface area contributed by atoms with Crippen LogP contribution in [0.3, 0.4) is 0 Å². The van der Waals surface area contributed by atoms with Gasteiger partial charge in [-0.25, -0.2) is 13.4 Å². The summed E-state index contributed by atoms with van der Waals surface area (Å²) in [7, 11) is -3.35. The number of benzene rings is 1. The number of hydrogen-bond donors (Lipinski definition) is 3. The standard InChI is InChI=1S/C26H33N7O3S2/c1-4-21-22(14-27)24(33-12-10-19(11-13-33)30-25(34)17(3)29)31-26(23(21)15-28)37-16-18-6-8-20(9-7-18)32-38(35,36)5-2/h6-9,17,19,32H,4-5,10-13,16,29H2,1-3H3,(H,30,34)/t17-/m1/s1. The van der Waals surface area contributed by atoms with Crippen LogP contribution in [-0.2, 0) is 27.0 Å². The molecule has 10 nitrogen and oxygen atoms in total. The van der Waals surface area contributed by atoms with E-state index in [2.05, 4.69) is 22.2 Å². The Morgan fingerprint density at radius 3 is 2.34 bits per heavy atom. The van der Waals surface area contributed by atoms with E-state index in [-0.39, 0.29) is 17.7 Å². The maximum absolute atomic E-state index is 12.0. The van der Waals surface area contributed by atoms with Crippen LogP contribution in [0.5, 0.6) is 0 Å². The lowest BCUT2D eigenvalue weighted by Crippen LogP contribution is -2.49. The first-order valence-electron chi connectivity index (χ1n) is 12.5. The number of nitriles is 2. The second-order valence-electron chi connectivity index (χ2n) is 9.10. The van der Waals surface area contributed by atoms with E-state index in [1.165, 1.54) is 11.8 Å². The number of amides is 1. The summed E-state index contributed by atoms with van der Waals surface area (Å²) >= 11 is 1.41. The number of nitrogens with two attached hydrogens (primary N) is 1. The lowest BCUT2D eigenvalue weighted by atomic mass is 9.99. The van der Waals surface area contributed by atoms with Gasteiger partial charge in [0.05, 0.1) is 22.9 Å². The van der Waals surface area contributed by atoms with E-state index in [1.54, 1.807) is 26.0 Å². The van der Waals surface area contributed by atoms with E-state index in [0.29, 0.717) is 71.3 Å². The number of aromatic nitrogens is 1. The highest BCUT2D eigenvalue weighted by Crippen LogP contribution is 2.34. The monoisotopic (exact) mass is 555 g/mol. The molecular formula is C26H33N7O3S2. The normalized spacial score (nSPS) is 14.8. The third kappa shape index (κ3) is 7.16. The van der Waals surface area contributed by atoms with Crippen molar-refractivity contribution in [2.24, 2.45) is 5.73 Å². The SMILES string of the molecule is CCc1c(C#N)c(SCc2ccc(NS(=O)(=O)CC)cc2)nc(N2CCC(NC(=O)[C@@H](C)N)CC2)c1C#N. The van der Waals surface area contributed by atoms with Gasteiger partial charge in [-0.05, 0) is 56.4 Å². The molecule has 202 valence electrons. The first-order chi connectivity index (χ1) is 18.1. The molecule has 3 rings (SSSR count). The molecule has 0 aliphatic carbocycles. The van der Waals surface area contributed by atoms with E-state index in [4.69, 9.17) is 10.7 Å². The van der Waals surface area contributed by atoms with Crippen molar-refractivity contribution in [2.75, 3.05) is 28.5 Å². The van der Waals surface area contributed by atoms with Crippen molar-refractivity contribution in [3.05, 3.63) is 46.5 Å². The van der Waals surface area contributed by atoms with Crippen molar-refractivity contribution in [1.29, 1.82) is 10.5 Å². The van der Waals surface area contributed by atoms with Crippen molar-refractivity contribution in [3.8, 4) is 12.1 Å². The maximum atomic E-state index is 12.0. The molecule has 1 aliphatic heterocycles. The van der Waals surface area contributed by atoms with Gasteiger partial charge in [0.2, 0.25) is 15.9 Å². The molecule has 0 saturated carbocycles. The Morgan fingerprint density at radius 1 is 1.18 bits per heavy atom. The summed E-state index contributed by atoms with van der Waals surface area (Å²) in [6, 6.07) is 11.0. The molecule has 0 radical (unpaired) electrons. The molecule has 0 bridgehead atoms. The first kappa shape index (κ1) is 29.2. The number of carbonyl (C=O) groups excluding carboxylic acids is 1. The fraction of sp³-hybridized carbons (Fsp3) is 0.462. The van der Waals surface area contributed by atoms with Crippen LogP contribution in [0.4, 0.5) is 11.5 Å². The summed E-state index contributed by atoms with van der Waals surface area (Å²) in [4.78, 5) is 18.8. The molecule has 4 N–H and O–H groups in total. The Balaban J connectivity index is 1.81. The Labute approximate surface area is 228 Å². The molecular weight excluding hydrogens is 522 g/mol. The van der Waals surface area contributed by atoms with E-state index >= 15 is 0 Å². The van der Waals surface area contributed by atoms with E-state index in [0.717, 1.165) is 5.56 Å². The molecule has 0 unspecified atom stereocenters. The summed E-state index contributed by atoms with van der Waals surface area (Å²) in [5.41, 5.74) is 8.60. The minimum Gasteiger partial charge on any atom is -0.355 e. The Bertz CT molecular complexity index is 1340. The fourth-order valence-corrected chi connectivity index (χ4v) is 5.76. The number of nitrogens with one attached hydrogen (secondary N) is 2. The lowest BCUT2D eigenvalue weighted by Gasteiger charge is -2.34. The molecule has 1 atom stereocenters. The minimum atomic E-state index is -3.35. The van der Waals surface area contributed by atoms with Gasteiger partial charge in [0.25, 0.3) is 0 Å². The predicted molar refractivity (Wildman–Crippen MR) is 149 cm³/mol. The summed E-state index contributed by atoms with van der Waals surface area (Å²) in [6.45, 7) is 6.37. The molecule has 1 amide bonds. The average molecular weight is 556 g/mol. The zero-order valence-corrected chi connectivity index (χ0v) is 23.5. The van der Waals surface area contributed by atoms with Crippen LogP contribution in [0.25, 0.3) is 0 Å². The highest BCUT2D eigenvalue weighted by Gasteiger charge is 2.27. The van der Waals surface area contributed by atoms with Gasteiger partial charge >= 0.3 is 0 Å². The quantitative estimate of drug-likeness (QED) is 0.374. The zero-order chi connectivity index (χ0) is 27.9. The van der Waals surface area contributed by atoms with Crippen molar-refractivity contribution < 1.29 is 13.2 Å². The number of thioether (sulfide) groups is 1. The third-order valence-corrected chi connectivity index (χ3v) is 8.72. The molecule has 12 heteroatoms. The minimum absolute atomic E-state index is 0.00673. The van der Waals surface area contributed by atoms with E-state index in [9.17, 15) is 23.7 Å². The van der Waals surface area contributed by atoms with Gasteiger partial charge in [0, 0.05) is 30.6 Å². The molecule has 2 heterocycles. The molecule has 2 aromatic rings. The first-order valence-corrected chi connectivity index (χ1v) is 15.2. The summed E-state index contributed by atoms with van der Waals surface area (Å²) in [5.74, 6) is 0.891. The Morgan fingerprint density at radius 2 is 1.82 bits per heavy atom. The van der Waals surface area contributed by atoms with Gasteiger partial charge in [0.15, 0.2) is 0 Å².